The Balaban J connectivity index is 1.48. The van der Waals surface area contributed by atoms with Gasteiger partial charge in [0, 0.05) is 6.54 Å². The Morgan fingerprint density at radius 3 is 2.39 bits per heavy atom. The van der Waals surface area contributed by atoms with Crippen molar-refractivity contribution in [3.05, 3.63) is 83.4 Å². The molecule has 5 nitrogen and oxygen atoms in total. The van der Waals surface area contributed by atoms with Gasteiger partial charge in [-0.25, -0.2) is 4.79 Å². The number of nitrogens with one attached hydrogen (secondary N) is 3. The van der Waals surface area contributed by atoms with Gasteiger partial charge in [0.25, 0.3) is 0 Å². The van der Waals surface area contributed by atoms with Gasteiger partial charge in [-0.3, -0.25) is 4.79 Å². The van der Waals surface area contributed by atoms with E-state index in [1.165, 1.54) is 5.56 Å². The zero-order valence-electron chi connectivity index (χ0n) is 16.2. The van der Waals surface area contributed by atoms with Crippen LogP contribution in [-0.2, 0) is 11.3 Å². The number of urea groups is 1. The monoisotopic (exact) mass is 375 g/mol. The van der Waals surface area contributed by atoms with Gasteiger partial charge in [-0.2, -0.15) is 0 Å². The second-order valence-corrected chi connectivity index (χ2v) is 6.88. The van der Waals surface area contributed by atoms with Crippen LogP contribution in [0.1, 0.15) is 29.7 Å². The Labute approximate surface area is 165 Å². The van der Waals surface area contributed by atoms with E-state index in [4.69, 9.17) is 0 Å². The average Bonchev–Trinajstić information content (AvgIpc) is 2.71. The summed E-state index contributed by atoms with van der Waals surface area (Å²) in [4.78, 5) is 24.1. The van der Waals surface area contributed by atoms with Gasteiger partial charge < -0.3 is 16.0 Å². The summed E-state index contributed by atoms with van der Waals surface area (Å²) in [7, 11) is 0. The van der Waals surface area contributed by atoms with Crippen LogP contribution in [0.25, 0.3) is 10.8 Å². The maximum absolute atomic E-state index is 12.2. The molecule has 1 unspecified atom stereocenters. The Kier molecular flexibility index (Phi) is 6.27. The van der Waals surface area contributed by atoms with Gasteiger partial charge in [-0.05, 0) is 35.7 Å². The molecule has 5 heteroatoms. The van der Waals surface area contributed by atoms with E-state index in [2.05, 4.69) is 16.0 Å². The molecule has 0 bridgehead atoms. The summed E-state index contributed by atoms with van der Waals surface area (Å²) < 4.78 is 0. The molecule has 3 rings (SSSR count). The first-order valence-electron chi connectivity index (χ1n) is 9.37. The van der Waals surface area contributed by atoms with Crippen molar-refractivity contribution in [2.24, 2.45) is 0 Å². The van der Waals surface area contributed by atoms with Gasteiger partial charge >= 0.3 is 6.03 Å². The van der Waals surface area contributed by atoms with Crippen molar-refractivity contribution in [2.75, 3.05) is 6.54 Å². The zero-order chi connectivity index (χ0) is 19.9. The minimum atomic E-state index is -0.367. The fourth-order valence-electron chi connectivity index (χ4n) is 3.11. The SMILES string of the molecule is Cc1ccc(CNC(=O)NCC(=O)NC(C)c2cccc3ccccc23)cc1. The first-order valence-corrected chi connectivity index (χ1v) is 9.37. The lowest BCUT2D eigenvalue weighted by Crippen LogP contribution is -2.42. The molecule has 0 heterocycles. The smallest absolute Gasteiger partial charge is 0.315 e. The van der Waals surface area contributed by atoms with E-state index in [1.807, 2.05) is 80.6 Å². The maximum atomic E-state index is 12.2. The van der Waals surface area contributed by atoms with Crippen LogP contribution < -0.4 is 16.0 Å². The Hall–Kier alpha value is -3.34. The van der Waals surface area contributed by atoms with Crippen LogP contribution in [0, 0.1) is 6.92 Å². The standard InChI is InChI=1S/C23H25N3O2/c1-16-10-12-18(13-11-16)14-24-23(28)25-15-22(27)26-17(2)20-9-5-7-19-6-3-4-8-21(19)20/h3-13,17H,14-15H2,1-2H3,(H,26,27)(H2,24,25,28). The number of hydrogen-bond donors (Lipinski definition) is 3. The van der Waals surface area contributed by atoms with Crippen LogP contribution >= 0.6 is 0 Å². The second kappa shape index (κ2) is 9.04. The number of amides is 3. The largest absolute Gasteiger partial charge is 0.348 e. The Morgan fingerprint density at radius 1 is 0.893 bits per heavy atom. The van der Waals surface area contributed by atoms with Crippen molar-refractivity contribution < 1.29 is 9.59 Å². The van der Waals surface area contributed by atoms with E-state index < -0.39 is 0 Å². The average molecular weight is 375 g/mol. The van der Waals surface area contributed by atoms with Crippen LogP contribution in [0.4, 0.5) is 4.79 Å². The Morgan fingerprint density at radius 2 is 1.61 bits per heavy atom. The van der Waals surface area contributed by atoms with E-state index in [0.717, 1.165) is 21.9 Å². The highest BCUT2D eigenvalue weighted by Crippen LogP contribution is 2.23. The van der Waals surface area contributed by atoms with Crippen molar-refractivity contribution >= 4 is 22.7 Å². The fraction of sp³-hybridized carbons (Fsp3) is 0.217. The lowest BCUT2D eigenvalue weighted by atomic mass is 10.00. The van der Waals surface area contributed by atoms with Crippen LogP contribution in [0.15, 0.2) is 66.7 Å². The Bertz CT molecular complexity index is 962. The molecule has 3 aromatic carbocycles. The molecule has 0 saturated carbocycles. The van der Waals surface area contributed by atoms with E-state index in [-0.39, 0.29) is 24.5 Å². The molecule has 0 fully saturated rings. The van der Waals surface area contributed by atoms with Gasteiger partial charge in [-0.1, -0.05) is 72.3 Å². The topological polar surface area (TPSA) is 70.2 Å². The number of hydrogen-bond acceptors (Lipinski definition) is 2. The molecule has 0 radical (unpaired) electrons. The van der Waals surface area contributed by atoms with E-state index in [0.29, 0.717) is 6.54 Å². The number of carbonyl (C=O) groups excluding carboxylic acids is 2. The maximum Gasteiger partial charge on any atom is 0.315 e. The molecular formula is C23H25N3O2. The van der Waals surface area contributed by atoms with Crippen molar-refractivity contribution in [3.63, 3.8) is 0 Å². The number of aryl methyl sites for hydroxylation is 1. The van der Waals surface area contributed by atoms with E-state index in [9.17, 15) is 9.59 Å². The van der Waals surface area contributed by atoms with Gasteiger partial charge in [0.2, 0.25) is 5.91 Å². The molecule has 3 amide bonds. The molecule has 28 heavy (non-hydrogen) atoms. The highest BCUT2D eigenvalue weighted by Gasteiger charge is 2.13. The summed E-state index contributed by atoms with van der Waals surface area (Å²) in [6.45, 7) is 4.30. The normalized spacial score (nSPS) is 11.6. The van der Waals surface area contributed by atoms with Gasteiger partial charge in [0.05, 0.1) is 12.6 Å². The van der Waals surface area contributed by atoms with Crippen molar-refractivity contribution in [1.29, 1.82) is 0 Å². The lowest BCUT2D eigenvalue weighted by Gasteiger charge is -2.17. The van der Waals surface area contributed by atoms with Crippen molar-refractivity contribution in [3.8, 4) is 0 Å². The van der Waals surface area contributed by atoms with E-state index >= 15 is 0 Å². The summed E-state index contributed by atoms with van der Waals surface area (Å²) >= 11 is 0. The molecule has 0 saturated heterocycles. The van der Waals surface area contributed by atoms with Gasteiger partial charge in [0.1, 0.15) is 0 Å². The number of fused-ring (bicyclic) bond motifs is 1. The number of rotatable bonds is 6. The molecule has 0 aliphatic rings. The van der Waals surface area contributed by atoms with E-state index in [1.54, 1.807) is 0 Å². The number of benzene rings is 3. The van der Waals surface area contributed by atoms with Crippen LogP contribution in [0.5, 0.6) is 0 Å². The molecule has 0 spiro atoms. The zero-order valence-corrected chi connectivity index (χ0v) is 16.2. The summed E-state index contributed by atoms with van der Waals surface area (Å²) in [6.07, 6.45) is 0. The predicted molar refractivity (Wildman–Crippen MR) is 112 cm³/mol. The van der Waals surface area contributed by atoms with Crippen LogP contribution in [0.2, 0.25) is 0 Å². The molecule has 3 N–H and O–H groups in total. The molecule has 144 valence electrons. The lowest BCUT2D eigenvalue weighted by molar-refractivity contribution is -0.120. The summed E-state index contributed by atoms with van der Waals surface area (Å²) in [5.74, 6) is -0.231. The molecule has 1 atom stereocenters. The minimum absolute atomic E-state index is 0.0746. The molecule has 0 aromatic heterocycles. The third-order valence-corrected chi connectivity index (χ3v) is 4.65. The number of carbonyl (C=O) groups is 2. The highest BCUT2D eigenvalue weighted by atomic mass is 16.2. The fourth-order valence-corrected chi connectivity index (χ4v) is 3.11. The molecule has 0 aliphatic carbocycles. The first kappa shape index (κ1) is 19.4. The minimum Gasteiger partial charge on any atom is -0.348 e. The quantitative estimate of drug-likeness (QED) is 0.613. The second-order valence-electron chi connectivity index (χ2n) is 6.88. The van der Waals surface area contributed by atoms with Gasteiger partial charge in [-0.15, -0.1) is 0 Å². The molecule has 3 aromatic rings. The summed E-state index contributed by atoms with van der Waals surface area (Å²) in [5, 5.41) is 10.5. The first-order chi connectivity index (χ1) is 13.5. The van der Waals surface area contributed by atoms with Gasteiger partial charge in [0.15, 0.2) is 0 Å². The van der Waals surface area contributed by atoms with Crippen LogP contribution in [0.3, 0.4) is 0 Å². The van der Waals surface area contributed by atoms with Crippen molar-refractivity contribution in [2.45, 2.75) is 26.4 Å². The highest BCUT2D eigenvalue weighted by molar-refractivity contribution is 5.88. The third-order valence-electron chi connectivity index (χ3n) is 4.65. The summed E-state index contributed by atoms with van der Waals surface area (Å²) in [6, 6.07) is 21.5. The van der Waals surface area contributed by atoms with Crippen molar-refractivity contribution in [1.82, 2.24) is 16.0 Å². The summed E-state index contributed by atoms with van der Waals surface area (Å²) in [5.41, 5.74) is 3.23. The van der Waals surface area contributed by atoms with Crippen LogP contribution in [-0.4, -0.2) is 18.5 Å². The molecular weight excluding hydrogens is 350 g/mol. The third kappa shape index (κ3) is 5.10. The predicted octanol–water partition coefficient (Wildman–Crippen LogP) is 3.82. The molecule has 0 aliphatic heterocycles.